The van der Waals surface area contributed by atoms with E-state index in [1.54, 1.807) is 28.2 Å². The first-order valence-electron chi connectivity index (χ1n) is 11.6. The maximum atomic E-state index is 13.0. The van der Waals surface area contributed by atoms with Crippen LogP contribution in [-0.4, -0.2) is 79.9 Å². The molecule has 2 aliphatic heterocycles. The third-order valence-corrected chi connectivity index (χ3v) is 9.45. The molecule has 2 aromatic carbocycles. The zero-order valence-electron chi connectivity index (χ0n) is 19.0. The number of hydrogen-bond acceptors (Lipinski definition) is 6. The second-order valence-electron chi connectivity index (χ2n) is 8.51. The van der Waals surface area contributed by atoms with Gasteiger partial charge in [-0.2, -0.15) is 16.1 Å². The molecule has 0 aliphatic carbocycles. The number of aromatic nitrogens is 1. The minimum atomic E-state index is -3.44. The maximum Gasteiger partial charge on any atom is 0.243 e. The molecule has 2 aliphatic rings. The minimum absolute atomic E-state index is 0. The summed E-state index contributed by atoms with van der Waals surface area (Å²) < 4.78 is 27.6. The van der Waals surface area contributed by atoms with Crippen LogP contribution in [0.3, 0.4) is 0 Å². The van der Waals surface area contributed by atoms with Gasteiger partial charge in [0.1, 0.15) is 5.82 Å². The van der Waals surface area contributed by atoms with Gasteiger partial charge in [0.05, 0.1) is 10.6 Å². The van der Waals surface area contributed by atoms with Gasteiger partial charge in [0.25, 0.3) is 0 Å². The second kappa shape index (κ2) is 10.6. The first-order chi connectivity index (χ1) is 16.1. The summed E-state index contributed by atoms with van der Waals surface area (Å²) in [4.78, 5) is 10.3. The van der Waals surface area contributed by atoms with Crippen LogP contribution in [0.5, 0.6) is 0 Å². The van der Waals surface area contributed by atoms with Gasteiger partial charge >= 0.3 is 0 Å². The quantitative estimate of drug-likeness (QED) is 0.519. The number of likely N-dealkylation sites (N-methyl/N-ethyl adjacent to an activating group) is 1. The number of thioether (sulfide) groups is 1. The van der Waals surface area contributed by atoms with E-state index in [9.17, 15) is 8.42 Å². The van der Waals surface area contributed by atoms with Crippen LogP contribution in [0.2, 0.25) is 0 Å². The largest absolute Gasteiger partial charge is 0.354 e. The number of rotatable bonds is 5. The first-order valence-corrected chi connectivity index (χ1v) is 14.2. The van der Waals surface area contributed by atoms with Crippen LogP contribution in [-0.2, 0) is 10.0 Å². The van der Waals surface area contributed by atoms with Crippen LogP contribution in [0.15, 0.2) is 59.5 Å². The highest BCUT2D eigenvalue weighted by atomic mass is 32.2. The van der Waals surface area contributed by atoms with Crippen LogP contribution in [0, 0.1) is 0 Å². The third kappa shape index (κ3) is 4.96. The van der Waals surface area contributed by atoms with E-state index in [0.717, 1.165) is 72.1 Å². The molecular weight excluding hydrogens is 464 g/mol. The van der Waals surface area contributed by atoms with Crippen molar-refractivity contribution in [3.8, 4) is 11.3 Å². The van der Waals surface area contributed by atoms with Gasteiger partial charge in [0, 0.05) is 61.7 Å². The number of anilines is 1. The highest BCUT2D eigenvalue weighted by Crippen LogP contribution is 2.31. The molecule has 0 saturated carbocycles. The minimum Gasteiger partial charge on any atom is -0.354 e. The summed E-state index contributed by atoms with van der Waals surface area (Å²) in [7, 11) is -3.44. The van der Waals surface area contributed by atoms with E-state index in [1.807, 2.05) is 12.1 Å². The number of sulfonamides is 1. The average molecular weight is 499 g/mol. The number of piperazine rings is 1. The Morgan fingerprint density at radius 2 is 1.59 bits per heavy atom. The number of fused-ring (bicyclic) bond motifs is 1. The topological polar surface area (TPSA) is 56.8 Å². The molecule has 182 valence electrons. The van der Waals surface area contributed by atoms with Crippen LogP contribution >= 0.6 is 11.8 Å². The summed E-state index contributed by atoms with van der Waals surface area (Å²) in [6.45, 7) is 8.44. The standard InChI is InChI=1S/C25H30N4O2S2.CH4/c1-2-27-11-13-28(14-12-27)25-23-6-4-3-5-21(23)19-24(26-25)20-7-9-22(10-8-20)33(30,31)29-15-17-32-18-16-29;/h3-10,19H,2,11-18H2,1H3;1H4. The van der Waals surface area contributed by atoms with Gasteiger partial charge < -0.3 is 9.80 Å². The normalized spacial score (nSPS) is 18.1. The van der Waals surface area contributed by atoms with E-state index < -0.39 is 10.0 Å². The summed E-state index contributed by atoms with van der Waals surface area (Å²) in [5.41, 5.74) is 1.81. The van der Waals surface area contributed by atoms with Crippen LogP contribution in [0.25, 0.3) is 22.0 Å². The molecule has 0 spiro atoms. The van der Waals surface area contributed by atoms with Gasteiger partial charge in [-0.15, -0.1) is 0 Å². The lowest BCUT2D eigenvalue weighted by molar-refractivity contribution is 0.271. The monoisotopic (exact) mass is 498 g/mol. The summed E-state index contributed by atoms with van der Waals surface area (Å²) >= 11 is 1.80. The molecular formula is C26H34N4O2S2. The lowest BCUT2D eigenvalue weighted by Gasteiger charge is -2.35. The highest BCUT2D eigenvalue weighted by molar-refractivity contribution is 7.99. The molecule has 0 unspecified atom stereocenters. The van der Waals surface area contributed by atoms with E-state index in [1.165, 1.54) is 0 Å². The summed E-state index contributed by atoms with van der Waals surface area (Å²) in [6, 6.07) is 17.7. The van der Waals surface area contributed by atoms with Gasteiger partial charge in [-0.05, 0) is 30.1 Å². The van der Waals surface area contributed by atoms with E-state index in [2.05, 4.69) is 47.1 Å². The van der Waals surface area contributed by atoms with Crippen molar-refractivity contribution in [3.63, 3.8) is 0 Å². The van der Waals surface area contributed by atoms with Crippen LogP contribution in [0.1, 0.15) is 14.4 Å². The lowest BCUT2D eigenvalue weighted by atomic mass is 10.1. The number of hydrogen-bond donors (Lipinski definition) is 0. The molecule has 0 N–H and O–H groups in total. The fourth-order valence-electron chi connectivity index (χ4n) is 4.58. The van der Waals surface area contributed by atoms with Crippen molar-refractivity contribution in [2.24, 2.45) is 0 Å². The average Bonchev–Trinajstić information content (AvgIpc) is 2.88. The van der Waals surface area contributed by atoms with Gasteiger partial charge in [0.15, 0.2) is 0 Å². The molecule has 0 atom stereocenters. The molecule has 3 aromatic rings. The van der Waals surface area contributed by atoms with Gasteiger partial charge in [-0.1, -0.05) is 50.7 Å². The summed E-state index contributed by atoms with van der Waals surface area (Å²) in [6.07, 6.45) is 0. The van der Waals surface area contributed by atoms with E-state index >= 15 is 0 Å². The number of benzene rings is 2. The molecule has 2 saturated heterocycles. The molecule has 3 heterocycles. The summed E-state index contributed by atoms with van der Waals surface area (Å²) in [5.74, 6) is 2.72. The van der Waals surface area contributed by atoms with E-state index in [4.69, 9.17) is 4.98 Å². The van der Waals surface area contributed by atoms with Crippen molar-refractivity contribution >= 4 is 38.4 Å². The molecule has 8 heteroatoms. The Morgan fingerprint density at radius 3 is 2.26 bits per heavy atom. The van der Waals surface area contributed by atoms with Gasteiger partial charge in [-0.3, -0.25) is 0 Å². The molecule has 34 heavy (non-hydrogen) atoms. The predicted octanol–water partition coefficient (Wildman–Crippen LogP) is 4.42. The number of pyridine rings is 1. The zero-order chi connectivity index (χ0) is 22.8. The first kappa shape index (κ1) is 25.0. The van der Waals surface area contributed by atoms with Crippen LogP contribution < -0.4 is 4.90 Å². The Balaban J connectivity index is 0.00000274. The zero-order valence-corrected chi connectivity index (χ0v) is 20.6. The smallest absolute Gasteiger partial charge is 0.243 e. The van der Waals surface area contributed by atoms with Crippen molar-refractivity contribution in [3.05, 3.63) is 54.6 Å². The van der Waals surface area contributed by atoms with Gasteiger partial charge in [0.2, 0.25) is 10.0 Å². The Kier molecular flexibility index (Phi) is 7.82. The van der Waals surface area contributed by atoms with Gasteiger partial charge in [-0.25, -0.2) is 13.4 Å². The highest BCUT2D eigenvalue weighted by Gasteiger charge is 2.26. The van der Waals surface area contributed by atoms with Crippen molar-refractivity contribution in [2.75, 3.05) is 62.2 Å². The fourth-order valence-corrected chi connectivity index (χ4v) is 7.15. The van der Waals surface area contributed by atoms with Crippen molar-refractivity contribution < 1.29 is 8.42 Å². The second-order valence-corrected chi connectivity index (χ2v) is 11.7. The lowest BCUT2D eigenvalue weighted by Crippen LogP contribution is -2.46. The Morgan fingerprint density at radius 1 is 0.912 bits per heavy atom. The molecule has 0 amide bonds. The predicted molar refractivity (Wildman–Crippen MR) is 144 cm³/mol. The molecule has 5 rings (SSSR count). The molecule has 0 bridgehead atoms. The molecule has 2 fully saturated rings. The SMILES string of the molecule is C.CCN1CCN(c2nc(-c3ccc(S(=O)(=O)N4CCSCC4)cc3)cc3ccccc23)CC1. The van der Waals surface area contributed by atoms with Crippen LogP contribution in [0.4, 0.5) is 5.82 Å². The van der Waals surface area contributed by atoms with E-state index in [0.29, 0.717) is 18.0 Å². The molecule has 6 nitrogen and oxygen atoms in total. The van der Waals surface area contributed by atoms with Crippen molar-refractivity contribution in [1.29, 1.82) is 0 Å². The Bertz CT molecular complexity index is 1220. The Hall–Kier alpha value is -2.13. The van der Waals surface area contributed by atoms with Crippen molar-refractivity contribution in [2.45, 2.75) is 19.2 Å². The number of nitrogens with zero attached hydrogens (tertiary/aromatic N) is 4. The third-order valence-electron chi connectivity index (χ3n) is 6.60. The summed E-state index contributed by atoms with van der Waals surface area (Å²) in [5, 5.41) is 2.31. The van der Waals surface area contributed by atoms with E-state index in [-0.39, 0.29) is 7.43 Å². The maximum absolute atomic E-state index is 13.0. The molecule has 1 aromatic heterocycles. The van der Waals surface area contributed by atoms with Crippen molar-refractivity contribution in [1.82, 2.24) is 14.2 Å². The molecule has 0 radical (unpaired) electrons. The Labute approximate surface area is 208 Å². The fraction of sp³-hybridized carbons (Fsp3) is 0.423.